The first-order chi connectivity index (χ1) is 17.3. The maximum atomic E-state index is 6.66. The van der Waals surface area contributed by atoms with Crippen LogP contribution in [0.25, 0.3) is 22.2 Å². The summed E-state index contributed by atoms with van der Waals surface area (Å²) in [6.07, 6.45) is 7.24. The van der Waals surface area contributed by atoms with Crippen molar-refractivity contribution in [2.24, 2.45) is 5.10 Å². The van der Waals surface area contributed by atoms with Gasteiger partial charge in [-0.1, -0.05) is 54.1 Å². The molecule has 7 rings (SSSR count). The van der Waals surface area contributed by atoms with Crippen molar-refractivity contribution in [3.63, 3.8) is 0 Å². The minimum atomic E-state index is 0.177. The number of nitrogens with zero attached hydrogens (tertiary/aromatic N) is 4. The van der Waals surface area contributed by atoms with E-state index in [0.717, 1.165) is 60.6 Å². The van der Waals surface area contributed by atoms with E-state index in [1.165, 1.54) is 27.8 Å². The van der Waals surface area contributed by atoms with Gasteiger partial charge in [0.25, 0.3) is 0 Å². The molecule has 2 atom stereocenters. The third-order valence-electron chi connectivity index (χ3n) is 7.88. The lowest BCUT2D eigenvalue weighted by Crippen LogP contribution is -2.40. The van der Waals surface area contributed by atoms with E-state index in [1.54, 1.807) is 0 Å². The SMILES string of the molecule is Clc1ccccc1C1Cc2cnc3n[nH]c(C4C=NN(C5CCNCC5)C4)c3c2-c2ccccc21. The normalized spacial score (nSPS) is 21.9. The molecule has 35 heavy (non-hydrogen) atoms. The first-order valence-corrected chi connectivity index (χ1v) is 12.9. The Morgan fingerprint density at radius 1 is 0.971 bits per heavy atom. The molecule has 0 spiro atoms. The van der Waals surface area contributed by atoms with Crippen LogP contribution in [0.1, 0.15) is 47.1 Å². The first-order valence-electron chi connectivity index (χ1n) is 12.5. The van der Waals surface area contributed by atoms with E-state index in [4.69, 9.17) is 21.7 Å². The second-order valence-electron chi connectivity index (χ2n) is 9.83. The number of aromatic nitrogens is 3. The summed E-state index contributed by atoms with van der Waals surface area (Å²) in [5.74, 6) is 0.377. The number of H-pyrrole nitrogens is 1. The van der Waals surface area contributed by atoms with Crippen LogP contribution < -0.4 is 5.32 Å². The quantitative estimate of drug-likeness (QED) is 0.426. The Hall–Kier alpha value is -3.22. The topological polar surface area (TPSA) is 69.2 Å². The van der Waals surface area contributed by atoms with Crippen LogP contribution >= 0.6 is 11.6 Å². The number of pyridine rings is 1. The van der Waals surface area contributed by atoms with Crippen molar-refractivity contribution in [2.75, 3.05) is 19.6 Å². The molecule has 6 nitrogen and oxygen atoms in total. The highest BCUT2D eigenvalue weighted by molar-refractivity contribution is 6.31. The van der Waals surface area contributed by atoms with E-state index in [0.29, 0.717) is 6.04 Å². The van der Waals surface area contributed by atoms with Crippen molar-refractivity contribution in [3.8, 4) is 11.1 Å². The molecule has 3 aliphatic rings. The maximum absolute atomic E-state index is 6.66. The largest absolute Gasteiger partial charge is 0.317 e. The second kappa shape index (κ2) is 8.47. The molecule has 176 valence electrons. The number of aromatic amines is 1. The van der Waals surface area contributed by atoms with Crippen molar-refractivity contribution >= 4 is 28.8 Å². The highest BCUT2D eigenvalue weighted by Gasteiger charge is 2.33. The molecule has 1 aliphatic carbocycles. The second-order valence-corrected chi connectivity index (χ2v) is 10.2. The van der Waals surface area contributed by atoms with Gasteiger partial charge in [0.2, 0.25) is 0 Å². The number of benzene rings is 2. The fourth-order valence-electron chi connectivity index (χ4n) is 6.15. The third kappa shape index (κ3) is 3.46. The molecule has 7 heteroatoms. The monoisotopic (exact) mass is 482 g/mol. The van der Waals surface area contributed by atoms with E-state index in [-0.39, 0.29) is 11.8 Å². The van der Waals surface area contributed by atoms with E-state index in [2.05, 4.69) is 63.1 Å². The molecule has 2 N–H and O–H groups in total. The van der Waals surface area contributed by atoms with Crippen molar-refractivity contribution < 1.29 is 0 Å². The Labute approximate surface area is 209 Å². The van der Waals surface area contributed by atoms with Gasteiger partial charge in [0.1, 0.15) is 0 Å². The van der Waals surface area contributed by atoms with E-state index < -0.39 is 0 Å². The van der Waals surface area contributed by atoms with Crippen molar-refractivity contribution in [3.05, 3.63) is 82.1 Å². The summed E-state index contributed by atoms with van der Waals surface area (Å²) in [7, 11) is 0. The molecule has 2 aromatic carbocycles. The van der Waals surface area contributed by atoms with Crippen molar-refractivity contribution in [1.29, 1.82) is 0 Å². The summed E-state index contributed by atoms with van der Waals surface area (Å²) in [5, 5.41) is 20.5. The number of fused-ring (bicyclic) bond motifs is 5. The summed E-state index contributed by atoms with van der Waals surface area (Å²) in [4.78, 5) is 4.78. The molecule has 0 bridgehead atoms. The molecule has 1 saturated heterocycles. The molecule has 0 amide bonds. The Balaban J connectivity index is 1.32. The molecule has 2 aromatic heterocycles. The zero-order valence-corrected chi connectivity index (χ0v) is 20.2. The minimum absolute atomic E-state index is 0.177. The van der Waals surface area contributed by atoms with Gasteiger partial charge in [-0.05, 0) is 66.2 Å². The highest BCUT2D eigenvalue weighted by Crippen LogP contribution is 2.47. The van der Waals surface area contributed by atoms with E-state index in [1.807, 2.05) is 18.3 Å². The van der Waals surface area contributed by atoms with Gasteiger partial charge in [0.15, 0.2) is 5.65 Å². The van der Waals surface area contributed by atoms with Crippen LogP contribution in [0.15, 0.2) is 59.8 Å². The highest BCUT2D eigenvalue weighted by atomic mass is 35.5. The van der Waals surface area contributed by atoms with Gasteiger partial charge < -0.3 is 5.32 Å². The fourth-order valence-corrected chi connectivity index (χ4v) is 6.42. The van der Waals surface area contributed by atoms with Gasteiger partial charge in [0, 0.05) is 35.9 Å². The number of hydrogen-bond acceptors (Lipinski definition) is 5. The van der Waals surface area contributed by atoms with Crippen molar-refractivity contribution in [1.82, 2.24) is 25.5 Å². The molecule has 1 fully saturated rings. The number of halogens is 1. The fraction of sp³-hybridized carbons (Fsp3) is 0.321. The number of hydrazone groups is 1. The number of nitrogens with one attached hydrogen (secondary N) is 2. The van der Waals surface area contributed by atoms with E-state index >= 15 is 0 Å². The minimum Gasteiger partial charge on any atom is -0.317 e. The van der Waals surface area contributed by atoms with Crippen LogP contribution in [0.3, 0.4) is 0 Å². The molecule has 4 aromatic rings. The summed E-state index contributed by atoms with van der Waals surface area (Å²) in [6.45, 7) is 3.01. The van der Waals surface area contributed by atoms with Crippen molar-refractivity contribution in [2.45, 2.75) is 37.1 Å². The first kappa shape index (κ1) is 21.1. The summed E-state index contributed by atoms with van der Waals surface area (Å²) in [6, 6.07) is 17.4. The lowest BCUT2D eigenvalue weighted by molar-refractivity contribution is 0.181. The standard InChI is InChI=1S/C28H27ClN6/c29-24-8-4-3-6-21(24)23-13-17-14-31-28-26(25(17)22-7-2-1-5-20(22)23)27(33-34-28)18-15-32-35(16-18)19-9-11-30-12-10-19/h1-8,14-15,18-19,23,30H,9-13,16H2,(H,31,33,34). The maximum Gasteiger partial charge on any atom is 0.181 e. The summed E-state index contributed by atoms with van der Waals surface area (Å²) >= 11 is 6.66. The number of piperidine rings is 1. The predicted molar refractivity (Wildman–Crippen MR) is 140 cm³/mol. The predicted octanol–water partition coefficient (Wildman–Crippen LogP) is 5.10. The van der Waals surface area contributed by atoms with Crippen LogP contribution in [0.4, 0.5) is 0 Å². The lowest BCUT2D eigenvalue weighted by atomic mass is 9.75. The molecule has 4 heterocycles. The average molecular weight is 483 g/mol. The van der Waals surface area contributed by atoms with Crippen LogP contribution in [0.2, 0.25) is 5.02 Å². The Morgan fingerprint density at radius 2 is 1.77 bits per heavy atom. The Bertz CT molecular complexity index is 1440. The zero-order chi connectivity index (χ0) is 23.4. The van der Waals surface area contributed by atoms with Crippen LogP contribution in [-0.2, 0) is 6.42 Å². The van der Waals surface area contributed by atoms with Crippen LogP contribution in [-0.4, -0.2) is 52.1 Å². The summed E-state index contributed by atoms with van der Waals surface area (Å²) < 4.78 is 0. The van der Waals surface area contributed by atoms with Crippen LogP contribution in [0, 0.1) is 0 Å². The molecule has 2 unspecified atom stereocenters. The number of rotatable bonds is 3. The average Bonchev–Trinajstić information content (AvgIpc) is 3.56. The zero-order valence-electron chi connectivity index (χ0n) is 19.4. The van der Waals surface area contributed by atoms with Gasteiger partial charge >= 0.3 is 0 Å². The van der Waals surface area contributed by atoms with Gasteiger partial charge in [-0.2, -0.15) is 10.2 Å². The molecular formula is C28H27ClN6. The number of hydrogen-bond donors (Lipinski definition) is 2. The van der Waals surface area contributed by atoms with Gasteiger partial charge in [-0.3, -0.25) is 10.1 Å². The summed E-state index contributed by atoms with van der Waals surface area (Å²) in [5.41, 5.74) is 8.12. The smallest absolute Gasteiger partial charge is 0.181 e. The van der Waals surface area contributed by atoms with Gasteiger partial charge in [0.05, 0.1) is 17.0 Å². The molecule has 0 radical (unpaired) electrons. The van der Waals surface area contributed by atoms with Gasteiger partial charge in [-0.25, -0.2) is 4.98 Å². The molecule has 2 aliphatic heterocycles. The lowest BCUT2D eigenvalue weighted by Gasteiger charge is -2.31. The third-order valence-corrected chi connectivity index (χ3v) is 8.22. The van der Waals surface area contributed by atoms with E-state index in [9.17, 15) is 0 Å². The Morgan fingerprint density at radius 3 is 2.63 bits per heavy atom. The molecule has 0 saturated carbocycles. The van der Waals surface area contributed by atoms with Gasteiger partial charge in [-0.15, -0.1) is 0 Å². The van der Waals surface area contributed by atoms with Crippen LogP contribution in [0.5, 0.6) is 0 Å². The Kier molecular flexibility index (Phi) is 5.10. The molecular weight excluding hydrogens is 456 g/mol.